The molecule has 0 aliphatic carbocycles. The molecule has 1 atom stereocenters. The van der Waals surface area contributed by atoms with Gasteiger partial charge in [0.15, 0.2) is 0 Å². The first-order chi connectivity index (χ1) is 5.20. The zero-order valence-corrected chi connectivity index (χ0v) is 7.23. The van der Waals surface area contributed by atoms with Crippen molar-refractivity contribution in [3.8, 4) is 0 Å². The van der Waals surface area contributed by atoms with Crippen LogP contribution in [0.15, 0.2) is 17.5 Å². The molecule has 11 heavy (non-hydrogen) atoms. The van der Waals surface area contributed by atoms with Crippen molar-refractivity contribution in [1.29, 1.82) is 0 Å². The number of carbonyl (C=O) groups excluding carboxylic acids is 1. The van der Waals surface area contributed by atoms with Crippen molar-refractivity contribution in [3.05, 3.63) is 22.4 Å². The lowest BCUT2D eigenvalue weighted by atomic mass is 10.1. The third-order valence-corrected chi connectivity index (χ3v) is 2.47. The van der Waals surface area contributed by atoms with Crippen LogP contribution in [0.2, 0.25) is 0 Å². The van der Waals surface area contributed by atoms with Gasteiger partial charge in [0.25, 0.3) is 0 Å². The van der Waals surface area contributed by atoms with Gasteiger partial charge in [0, 0.05) is 10.8 Å². The Morgan fingerprint density at radius 3 is 3.00 bits per heavy atom. The largest absolute Gasteiger partial charge is 0.369 e. The molecular weight excluding hydrogens is 158 g/mol. The molecule has 0 radical (unpaired) electrons. The Kier molecular flexibility index (Phi) is 2.65. The highest BCUT2D eigenvalue weighted by Gasteiger charge is 2.09. The first-order valence-electron chi connectivity index (χ1n) is 3.52. The number of hydrogen-bond donors (Lipinski definition) is 1. The van der Waals surface area contributed by atoms with Crippen molar-refractivity contribution < 1.29 is 4.79 Å². The second kappa shape index (κ2) is 3.53. The monoisotopic (exact) mass is 169 g/mol. The molecule has 0 aliphatic heterocycles. The highest BCUT2D eigenvalue weighted by atomic mass is 32.1. The minimum absolute atomic E-state index is 0.0475. The molecule has 2 N–H and O–H groups in total. The van der Waals surface area contributed by atoms with Crippen molar-refractivity contribution in [2.24, 2.45) is 11.7 Å². The summed E-state index contributed by atoms with van der Waals surface area (Å²) in [7, 11) is 0. The minimum Gasteiger partial charge on any atom is -0.369 e. The SMILES string of the molecule is C[C@@H](Cc1cccs1)C(N)=O. The molecule has 0 aromatic carbocycles. The molecule has 3 heteroatoms. The lowest BCUT2D eigenvalue weighted by Gasteiger charge is -2.03. The number of hydrogen-bond acceptors (Lipinski definition) is 2. The fourth-order valence-corrected chi connectivity index (χ4v) is 1.67. The van der Waals surface area contributed by atoms with Gasteiger partial charge >= 0.3 is 0 Å². The van der Waals surface area contributed by atoms with Crippen molar-refractivity contribution in [3.63, 3.8) is 0 Å². The van der Waals surface area contributed by atoms with Crippen LogP contribution in [0.25, 0.3) is 0 Å². The molecule has 0 saturated heterocycles. The lowest BCUT2D eigenvalue weighted by molar-refractivity contribution is -0.121. The highest BCUT2D eigenvalue weighted by Crippen LogP contribution is 2.13. The standard InChI is InChI=1S/C8H11NOS/c1-6(8(9)10)5-7-3-2-4-11-7/h2-4,6H,5H2,1H3,(H2,9,10)/t6-/m0/s1. The average Bonchev–Trinajstić information content (AvgIpc) is 2.39. The molecule has 1 aromatic heterocycles. The third kappa shape index (κ3) is 2.35. The molecule has 0 bridgehead atoms. The van der Waals surface area contributed by atoms with Crippen LogP contribution >= 0.6 is 11.3 Å². The van der Waals surface area contributed by atoms with Gasteiger partial charge in [-0.1, -0.05) is 13.0 Å². The quantitative estimate of drug-likeness (QED) is 0.730. The summed E-state index contributed by atoms with van der Waals surface area (Å²) < 4.78 is 0. The molecule has 2 nitrogen and oxygen atoms in total. The predicted molar refractivity (Wildman–Crippen MR) is 46.4 cm³/mol. The van der Waals surface area contributed by atoms with Crippen LogP contribution in [0.4, 0.5) is 0 Å². The Morgan fingerprint density at radius 2 is 2.55 bits per heavy atom. The molecule has 0 spiro atoms. The van der Waals surface area contributed by atoms with Crippen LogP contribution in [0.1, 0.15) is 11.8 Å². The fourth-order valence-electron chi connectivity index (χ4n) is 0.831. The Morgan fingerprint density at radius 1 is 1.82 bits per heavy atom. The molecule has 1 aromatic rings. The second-order valence-electron chi connectivity index (χ2n) is 2.59. The molecule has 0 aliphatic rings. The first-order valence-corrected chi connectivity index (χ1v) is 4.40. The summed E-state index contributed by atoms with van der Waals surface area (Å²) in [6, 6.07) is 4.00. The smallest absolute Gasteiger partial charge is 0.220 e. The molecule has 0 unspecified atom stereocenters. The fraction of sp³-hybridized carbons (Fsp3) is 0.375. The van der Waals surface area contributed by atoms with E-state index in [1.165, 1.54) is 4.88 Å². The average molecular weight is 169 g/mol. The van der Waals surface area contributed by atoms with Gasteiger partial charge in [0.05, 0.1) is 0 Å². The maximum Gasteiger partial charge on any atom is 0.220 e. The maximum absolute atomic E-state index is 10.7. The molecular formula is C8H11NOS. The van der Waals surface area contributed by atoms with E-state index in [0.29, 0.717) is 0 Å². The van der Waals surface area contributed by atoms with Crippen molar-refractivity contribution in [2.45, 2.75) is 13.3 Å². The van der Waals surface area contributed by atoms with E-state index in [2.05, 4.69) is 0 Å². The Bertz CT molecular complexity index is 230. The number of carbonyl (C=O) groups is 1. The van der Waals surface area contributed by atoms with Crippen LogP contribution < -0.4 is 5.73 Å². The van der Waals surface area contributed by atoms with E-state index in [9.17, 15) is 4.79 Å². The zero-order chi connectivity index (χ0) is 8.27. The molecule has 1 rings (SSSR count). The van der Waals surface area contributed by atoms with Gasteiger partial charge < -0.3 is 5.73 Å². The number of rotatable bonds is 3. The molecule has 60 valence electrons. The first kappa shape index (κ1) is 8.27. The summed E-state index contributed by atoms with van der Waals surface area (Å²) in [4.78, 5) is 11.9. The van der Waals surface area contributed by atoms with E-state index in [1.54, 1.807) is 11.3 Å². The number of primary amides is 1. The summed E-state index contributed by atoms with van der Waals surface area (Å²) in [6.45, 7) is 1.85. The minimum atomic E-state index is -0.224. The Hall–Kier alpha value is -0.830. The summed E-state index contributed by atoms with van der Waals surface area (Å²) in [6.07, 6.45) is 0.771. The van der Waals surface area contributed by atoms with Gasteiger partial charge in [0.2, 0.25) is 5.91 Å². The predicted octanol–water partition coefficient (Wildman–Crippen LogP) is 1.41. The van der Waals surface area contributed by atoms with E-state index in [1.807, 2.05) is 24.4 Å². The Balaban J connectivity index is 2.50. The normalized spacial score (nSPS) is 12.8. The van der Waals surface area contributed by atoms with E-state index in [-0.39, 0.29) is 11.8 Å². The highest BCUT2D eigenvalue weighted by molar-refractivity contribution is 7.09. The van der Waals surface area contributed by atoms with E-state index in [0.717, 1.165) is 6.42 Å². The summed E-state index contributed by atoms with van der Waals surface area (Å²) in [5.41, 5.74) is 5.12. The Labute approximate surface area is 70.0 Å². The molecule has 0 fully saturated rings. The number of thiophene rings is 1. The van der Waals surface area contributed by atoms with Gasteiger partial charge in [-0.05, 0) is 17.9 Å². The molecule has 0 saturated carbocycles. The maximum atomic E-state index is 10.7. The lowest BCUT2D eigenvalue weighted by Crippen LogP contribution is -2.21. The van der Waals surface area contributed by atoms with Crippen molar-refractivity contribution in [1.82, 2.24) is 0 Å². The van der Waals surface area contributed by atoms with Crippen LogP contribution in [-0.4, -0.2) is 5.91 Å². The van der Waals surface area contributed by atoms with Crippen molar-refractivity contribution >= 4 is 17.2 Å². The summed E-state index contributed by atoms with van der Waals surface area (Å²) in [5, 5.41) is 2.00. The van der Waals surface area contributed by atoms with E-state index >= 15 is 0 Å². The number of amides is 1. The van der Waals surface area contributed by atoms with Gasteiger partial charge in [-0.2, -0.15) is 0 Å². The zero-order valence-electron chi connectivity index (χ0n) is 6.41. The van der Waals surface area contributed by atoms with Gasteiger partial charge in [-0.3, -0.25) is 4.79 Å². The van der Waals surface area contributed by atoms with Crippen molar-refractivity contribution in [2.75, 3.05) is 0 Å². The van der Waals surface area contributed by atoms with Gasteiger partial charge in [-0.15, -0.1) is 11.3 Å². The number of nitrogens with two attached hydrogens (primary N) is 1. The molecule has 1 amide bonds. The van der Waals surface area contributed by atoms with Crippen LogP contribution in [0.5, 0.6) is 0 Å². The van der Waals surface area contributed by atoms with Crippen LogP contribution in [0, 0.1) is 5.92 Å². The third-order valence-electron chi connectivity index (χ3n) is 1.57. The van der Waals surface area contributed by atoms with Gasteiger partial charge in [-0.25, -0.2) is 0 Å². The van der Waals surface area contributed by atoms with E-state index in [4.69, 9.17) is 5.73 Å². The van der Waals surface area contributed by atoms with E-state index < -0.39 is 0 Å². The van der Waals surface area contributed by atoms with Crippen LogP contribution in [0.3, 0.4) is 0 Å². The topological polar surface area (TPSA) is 43.1 Å². The van der Waals surface area contributed by atoms with Gasteiger partial charge in [0.1, 0.15) is 0 Å². The molecule has 1 heterocycles. The summed E-state index contributed by atoms with van der Waals surface area (Å²) in [5.74, 6) is -0.271. The second-order valence-corrected chi connectivity index (χ2v) is 3.62. The summed E-state index contributed by atoms with van der Waals surface area (Å²) >= 11 is 1.66. The van der Waals surface area contributed by atoms with Crippen LogP contribution in [-0.2, 0) is 11.2 Å².